The number of aromatic nitrogens is 3. The molecule has 0 radical (unpaired) electrons. The van der Waals surface area contributed by atoms with Crippen LogP contribution in [-0.2, 0) is 6.42 Å². The molecule has 102 valence electrons. The van der Waals surface area contributed by atoms with Crippen LogP contribution in [0, 0.1) is 6.92 Å². The summed E-state index contributed by atoms with van der Waals surface area (Å²) >= 11 is 0. The summed E-state index contributed by atoms with van der Waals surface area (Å²) in [7, 11) is 0. The second-order valence-corrected chi connectivity index (χ2v) is 4.86. The van der Waals surface area contributed by atoms with Crippen molar-refractivity contribution in [1.82, 2.24) is 20.5 Å². The zero-order valence-electron chi connectivity index (χ0n) is 11.7. The molecule has 4 nitrogen and oxygen atoms in total. The molecule has 0 aliphatic rings. The molecule has 2 rings (SSSR count). The molecule has 1 unspecified atom stereocenters. The minimum Gasteiger partial charge on any atom is -0.310 e. The van der Waals surface area contributed by atoms with Gasteiger partial charge in [-0.05, 0) is 31.9 Å². The van der Waals surface area contributed by atoms with Crippen molar-refractivity contribution >= 4 is 0 Å². The first kappa shape index (κ1) is 13.7. The van der Waals surface area contributed by atoms with Crippen molar-refractivity contribution < 1.29 is 0 Å². The van der Waals surface area contributed by atoms with E-state index in [-0.39, 0.29) is 0 Å². The molecule has 0 saturated carbocycles. The summed E-state index contributed by atoms with van der Waals surface area (Å²) in [5.41, 5.74) is 2.68. The number of benzene rings is 1. The predicted molar refractivity (Wildman–Crippen MR) is 76.9 cm³/mol. The lowest BCUT2D eigenvalue weighted by Gasteiger charge is -2.17. The Kier molecular flexibility index (Phi) is 5.10. The van der Waals surface area contributed by atoms with Crippen molar-refractivity contribution in [3.8, 4) is 0 Å². The van der Waals surface area contributed by atoms with E-state index in [1.54, 1.807) is 6.33 Å². The molecule has 0 spiro atoms. The van der Waals surface area contributed by atoms with Crippen LogP contribution in [0.4, 0.5) is 0 Å². The van der Waals surface area contributed by atoms with Crippen molar-refractivity contribution in [3.63, 3.8) is 0 Å². The molecule has 0 aliphatic carbocycles. The Balaban J connectivity index is 1.77. The van der Waals surface area contributed by atoms with Gasteiger partial charge < -0.3 is 5.32 Å². The van der Waals surface area contributed by atoms with Gasteiger partial charge in [0.25, 0.3) is 0 Å². The third kappa shape index (κ3) is 4.17. The maximum absolute atomic E-state index is 4.13. The molecule has 0 fully saturated rings. The maximum atomic E-state index is 4.13. The summed E-state index contributed by atoms with van der Waals surface area (Å²) < 4.78 is 0. The summed E-state index contributed by atoms with van der Waals surface area (Å²) in [4.78, 5) is 4.13. The van der Waals surface area contributed by atoms with E-state index >= 15 is 0 Å². The Morgan fingerprint density at radius 2 is 2.05 bits per heavy atom. The van der Waals surface area contributed by atoms with Gasteiger partial charge in [0.15, 0.2) is 0 Å². The highest BCUT2D eigenvalue weighted by Gasteiger charge is 2.07. The summed E-state index contributed by atoms with van der Waals surface area (Å²) in [6, 6.07) is 9.22. The molecule has 0 amide bonds. The van der Waals surface area contributed by atoms with Crippen molar-refractivity contribution in [3.05, 3.63) is 47.5 Å². The predicted octanol–water partition coefficient (Wildman–Crippen LogP) is 2.79. The zero-order chi connectivity index (χ0) is 13.5. The van der Waals surface area contributed by atoms with Crippen LogP contribution in [0.3, 0.4) is 0 Å². The van der Waals surface area contributed by atoms with Gasteiger partial charge in [0.05, 0.1) is 0 Å². The van der Waals surface area contributed by atoms with Crippen molar-refractivity contribution in [2.45, 2.75) is 39.2 Å². The smallest absolute Gasteiger partial charge is 0.137 e. The number of H-pyrrole nitrogens is 1. The molecule has 1 atom stereocenters. The number of rotatable bonds is 7. The maximum Gasteiger partial charge on any atom is 0.137 e. The molecule has 0 aliphatic heterocycles. The Hall–Kier alpha value is -1.68. The number of aromatic amines is 1. The molecule has 1 aromatic carbocycles. The minimum atomic E-state index is 0.440. The lowest BCUT2D eigenvalue weighted by molar-refractivity contribution is 0.508. The van der Waals surface area contributed by atoms with Gasteiger partial charge in [-0.2, -0.15) is 5.10 Å². The molecule has 0 saturated heterocycles. The SMILES string of the molecule is CCC(NCCCc1ncn[nH]1)c1ccc(C)cc1. The van der Waals surface area contributed by atoms with Crippen molar-refractivity contribution in [2.75, 3.05) is 6.54 Å². The van der Waals surface area contributed by atoms with Gasteiger partial charge in [0.2, 0.25) is 0 Å². The largest absolute Gasteiger partial charge is 0.310 e. The van der Waals surface area contributed by atoms with Gasteiger partial charge in [-0.3, -0.25) is 5.10 Å². The van der Waals surface area contributed by atoms with E-state index in [2.05, 4.69) is 58.6 Å². The van der Waals surface area contributed by atoms with Gasteiger partial charge in [-0.15, -0.1) is 0 Å². The number of hydrogen-bond acceptors (Lipinski definition) is 3. The number of hydrogen-bond donors (Lipinski definition) is 2. The molecular weight excluding hydrogens is 236 g/mol. The Labute approximate surface area is 114 Å². The topological polar surface area (TPSA) is 53.6 Å². The van der Waals surface area contributed by atoms with Gasteiger partial charge in [-0.1, -0.05) is 36.8 Å². The zero-order valence-corrected chi connectivity index (χ0v) is 11.7. The lowest BCUT2D eigenvalue weighted by atomic mass is 10.0. The fraction of sp³-hybridized carbons (Fsp3) is 0.467. The highest BCUT2D eigenvalue weighted by Crippen LogP contribution is 2.16. The molecule has 2 aromatic rings. The van der Waals surface area contributed by atoms with E-state index < -0.39 is 0 Å². The fourth-order valence-corrected chi connectivity index (χ4v) is 2.18. The number of nitrogens with zero attached hydrogens (tertiary/aromatic N) is 2. The van der Waals surface area contributed by atoms with Gasteiger partial charge >= 0.3 is 0 Å². The summed E-state index contributed by atoms with van der Waals surface area (Å²) in [5, 5.41) is 10.3. The van der Waals surface area contributed by atoms with Crippen LogP contribution in [0.5, 0.6) is 0 Å². The molecule has 19 heavy (non-hydrogen) atoms. The van der Waals surface area contributed by atoms with Gasteiger partial charge in [-0.25, -0.2) is 4.98 Å². The van der Waals surface area contributed by atoms with Crippen LogP contribution < -0.4 is 5.32 Å². The molecule has 1 aromatic heterocycles. The molecule has 0 bridgehead atoms. The standard InChI is InChI=1S/C15H22N4/c1-3-14(13-8-6-12(2)7-9-13)16-10-4-5-15-17-11-18-19-15/h6-9,11,14,16H,3-5,10H2,1-2H3,(H,17,18,19). The van der Waals surface area contributed by atoms with E-state index in [0.717, 1.165) is 31.6 Å². The van der Waals surface area contributed by atoms with Crippen molar-refractivity contribution in [2.24, 2.45) is 0 Å². The first-order valence-corrected chi connectivity index (χ1v) is 6.93. The highest BCUT2D eigenvalue weighted by molar-refractivity contribution is 5.24. The number of aryl methyl sites for hydroxylation is 2. The third-order valence-electron chi connectivity index (χ3n) is 3.33. The molecule has 4 heteroatoms. The Morgan fingerprint density at radius 1 is 1.26 bits per heavy atom. The normalized spacial score (nSPS) is 12.5. The lowest BCUT2D eigenvalue weighted by Crippen LogP contribution is -2.22. The van der Waals surface area contributed by atoms with E-state index in [1.807, 2.05) is 0 Å². The minimum absolute atomic E-state index is 0.440. The quantitative estimate of drug-likeness (QED) is 0.751. The summed E-state index contributed by atoms with van der Waals surface area (Å²) in [6.07, 6.45) is 4.67. The van der Waals surface area contributed by atoms with Crippen LogP contribution in [0.1, 0.15) is 42.8 Å². The number of nitrogens with one attached hydrogen (secondary N) is 2. The van der Waals surface area contributed by atoms with E-state index in [9.17, 15) is 0 Å². The van der Waals surface area contributed by atoms with E-state index in [0.29, 0.717) is 6.04 Å². The first-order chi connectivity index (χ1) is 9.29. The second-order valence-electron chi connectivity index (χ2n) is 4.86. The Bertz CT molecular complexity index is 461. The van der Waals surface area contributed by atoms with E-state index in [1.165, 1.54) is 11.1 Å². The van der Waals surface area contributed by atoms with Crippen molar-refractivity contribution in [1.29, 1.82) is 0 Å². The van der Waals surface area contributed by atoms with Crippen LogP contribution in [-0.4, -0.2) is 21.7 Å². The Morgan fingerprint density at radius 3 is 2.68 bits per heavy atom. The van der Waals surface area contributed by atoms with Crippen LogP contribution in [0.2, 0.25) is 0 Å². The first-order valence-electron chi connectivity index (χ1n) is 6.93. The van der Waals surface area contributed by atoms with Crippen LogP contribution >= 0.6 is 0 Å². The highest BCUT2D eigenvalue weighted by atomic mass is 15.2. The van der Waals surface area contributed by atoms with Gasteiger partial charge in [0.1, 0.15) is 12.2 Å². The molecule has 1 heterocycles. The average molecular weight is 258 g/mol. The summed E-state index contributed by atoms with van der Waals surface area (Å²) in [6.45, 7) is 5.33. The molecular formula is C15H22N4. The second kappa shape index (κ2) is 7.04. The fourth-order valence-electron chi connectivity index (χ4n) is 2.18. The summed E-state index contributed by atoms with van der Waals surface area (Å²) in [5.74, 6) is 0.963. The third-order valence-corrected chi connectivity index (χ3v) is 3.33. The average Bonchev–Trinajstić information content (AvgIpc) is 2.93. The monoisotopic (exact) mass is 258 g/mol. The van der Waals surface area contributed by atoms with Crippen LogP contribution in [0.25, 0.3) is 0 Å². The van der Waals surface area contributed by atoms with E-state index in [4.69, 9.17) is 0 Å². The van der Waals surface area contributed by atoms with Crippen LogP contribution in [0.15, 0.2) is 30.6 Å². The van der Waals surface area contributed by atoms with Gasteiger partial charge in [0, 0.05) is 12.5 Å². The molecule has 2 N–H and O–H groups in total.